The average molecular weight is 443 g/mol. The minimum atomic E-state index is -0.193. The van der Waals surface area contributed by atoms with Crippen molar-refractivity contribution in [1.82, 2.24) is 20.1 Å². The Morgan fingerprint density at radius 2 is 2.07 bits per heavy atom. The molecule has 1 fully saturated rings. The van der Waals surface area contributed by atoms with Gasteiger partial charge in [-0.25, -0.2) is 0 Å². The fraction of sp³-hybridized carbons (Fsp3) is 0.381. The van der Waals surface area contributed by atoms with E-state index < -0.39 is 0 Å². The van der Waals surface area contributed by atoms with Crippen molar-refractivity contribution in [2.45, 2.75) is 36.6 Å². The molecule has 0 saturated heterocycles. The molecule has 2 aliphatic rings. The number of ether oxygens (including phenoxy) is 2. The molecule has 7 nitrogen and oxygen atoms in total. The fourth-order valence-corrected chi connectivity index (χ4v) is 4.92. The highest BCUT2D eigenvalue weighted by atomic mass is 32.2. The van der Waals surface area contributed by atoms with Crippen molar-refractivity contribution in [2.75, 3.05) is 18.9 Å². The summed E-state index contributed by atoms with van der Waals surface area (Å²) < 4.78 is 13.8. The Kier molecular flexibility index (Phi) is 5.63. The third-order valence-electron chi connectivity index (χ3n) is 4.99. The van der Waals surface area contributed by atoms with E-state index in [0.29, 0.717) is 30.7 Å². The van der Waals surface area contributed by atoms with Crippen LogP contribution in [0.1, 0.15) is 29.6 Å². The molecule has 2 aromatic heterocycles. The monoisotopic (exact) mass is 442 g/mol. The van der Waals surface area contributed by atoms with Crippen LogP contribution in [0.2, 0.25) is 0 Å². The second-order valence-corrected chi connectivity index (χ2v) is 9.32. The molecule has 3 heterocycles. The van der Waals surface area contributed by atoms with Crippen molar-refractivity contribution in [3.8, 4) is 11.5 Å². The van der Waals surface area contributed by atoms with E-state index in [0.717, 1.165) is 36.0 Å². The first-order chi connectivity index (χ1) is 14.8. The lowest BCUT2D eigenvalue weighted by atomic mass is 10.2. The first-order valence-electron chi connectivity index (χ1n) is 10.0. The van der Waals surface area contributed by atoms with Crippen molar-refractivity contribution in [3.63, 3.8) is 0 Å². The summed E-state index contributed by atoms with van der Waals surface area (Å²) in [6.45, 7) is 0.833. The van der Waals surface area contributed by atoms with Crippen LogP contribution < -0.4 is 14.8 Å². The highest BCUT2D eigenvalue weighted by Gasteiger charge is 2.30. The topological polar surface area (TPSA) is 78.3 Å². The van der Waals surface area contributed by atoms with Gasteiger partial charge in [-0.3, -0.25) is 4.79 Å². The number of benzene rings is 1. The molecule has 1 aliphatic heterocycles. The van der Waals surface area contributed by atoms with E-state index in [4.69, 9.17) is 9.47 Å². The number of para-hydroxylation sites is 2. The SMILES string of the molecule is O=C(CSc1nnc(Cc2cccs2)n1C1CC1)NCC1COc2ccccc2O1. The molecule has 1 atom stereocenters. The third kappa shape index (κ3) is 4.46. The third-order valence-corrected chi connectivity index (χ3v) is 6.81. The normalized spacial score (nSPS) is 17.7. The zero-order valence-corrected chi connectivity index (χ0v) is 18.0. The van der Waals surface area contributed by atoms with Gasteiger partial charge in [0.05, 0.1) is 12.3 Å². The number of aromatic nitrogens is 3. The van der Waals surface area contributed by atoms with Crippen molar-refractivity contribution in [1.29, 1.82) is 0 Å². The number of hydrogen-bond donors (Lipinski definition) is 1. The molecule has 0 bridgehead atoms. The van der Waals surface area contributed by atoms with Crippen LogP contribution in [-0.2, 0) is 11.2 Å². The molecule has 5 rings (SSSR count). The Hall–Kier alpha value is -2.52. The lowest BCUT2D eigenvalue weighted by Gasteiger charge is -2.26. The lowest BCUT2D eigenvalue weighted by molar-refractivity contribution is -0.119. The molecule has 1 amide bonds. The number of carbonyl (C=O) groups excluding carboxylic acids is 1. The number of fused-ring (bicyclic) bond motifs is 1. The molecule has 1 N–H and O–H groups in total. The van der Waals surface area contributed by atoms with Gasteiger partial charge in [0.2, 0.25) is 5.91 Å². The van der Waals surface area contributed by atoms with Crippen molar-refractivity contribution >= 4 is 29.0 Å². The van der Waals surface area contributed by atoms with Crippen LogP contribution in [0.15, 0.2) is 46.9 Å². The van der Waals surface area contributed by atoms with Crippen LogP contribution in [0.3, 0.4) is 0 Å². The van der Waals surface area contributed by atoms with Crippen LogP contribution in [0.4, 0.5) is 0 Å². The van der Waals surface area contributed by atoms with Crippen molar-refractivity contribution < 1.29 is 14.3 Å². The number of rotatable bonds is 8. The molecule has 0 radical (unpaired) electrons. The second-order valence-electron chi connectivity index (χ2n) is 7.35. The molecule has 1 saturated carbocycles. The number of nitrogens with zero attached hydrogens (tertiary/aromatic N) is 3. The van der Waals surface area contributed by atoms with Crippen LogP contribution in [0.5, 0.6) is 11.5 Å². The molecular weight excluding hydrogens is 420 g/mol. The predicted molar refractivity (Wildman–Crippen MR) is 116 cm³/mol. The Bertz CT molecular complexity index is 1020. The molecule has 1 aliphatic carbocycles. The minimum absolute atomic E-state index is 0.0485. The molecule has 156 valence electrons. The largest absolute Gasteiger partial charge is 0.486 e. The summed E-state index contributed by atoms with van der Waals surface area (Å²) in [7, 11) is 0. The van der Waals surface area contributed by atoms with Gasteiger partial charge in [-0.1, -0.05) is 30.0 Å². The van der Waals surface area contributed by atoms with E-state index >= 15 is 0 Å². The van der Waals surface area contributed by atoms with Crippen LogP contribution in [-0.4, -0.2) is 45.7 Å². The second kappa shape index (κ2) is 8.69. The first-order valence-corrected chi connectivity index (χ1v) is 11.9. The van der Waals surface area contributed by atoms with E-state index in [1.165, 1.54) is 16.6 Å². The van der Waals surface area contributed by atoms with Gasteiger partial charge in [0.25, 0.3) is 0 Å². The van der Waals surface area contributed by atoms with Gasteiger partial charge >= 0.3 is 0 Å². The zero-order chi connectivity index (χ0) is 20.3. The Balaban J connectivity index is 1.14. The Morgan fingerprint density at radius 1 is 1.20 bits per heavy atom. The Morgan fingerprint density at radius 3 is 2.87 bits per heavy atom. The van der Waals surface area contributed by atoms with E-state index in [9.17, 15) is 4.79 Å². The zero-order valence-electron chi connectivity index (χ0n) is 16.3. The smallest absolute Gasteiger partial charge is 0.230 e. The summed E-state index contributed by atoms with van der Waals surface area (Å²) >= 11 is 3.17. The summed E-state index contributed by atoms with van der Waals surface area (Å²) in [5.74, 6) is 2.69. The van der Waals surface area contributed by atoms with Gasteiger partial charge in [0, 0.05) is 17.3 Å². The number of carbonyl (C=O) groups is 1. The molecule has 1 unspecified atom stereocenters. The van der Waals surface area contributed by atoms with Gasteiger partial charge < -0.3 is 19.4 Å². The Labute approximate surface area is 182 Å². The lowest BCUT2D eigenvalue weighted by Crippen LogP contribution is -2.41. The van der Waals surface area contributed by atoms with Crippen LogP contribution in [0.25, 0.3) is 0 Å². The highest BCUT2D eigenvalue weighted by molar-refractivity contribution is 7.99. The van der Waals surface area contributed by atoms with Gasteiger partial charge in [0.1, 0.15) is 18.5 Å². The molecule has 9 heteroatoms. The number of thiophene rings is 1. The summed E-state index contributed by atoms with van der Waals surface area (Å²) in [6.07, 6.45) is 2.89. The summed E-state index contributed by atoms with van der Waals surface area (Å²) in [5, 5.41) is 14.6. The number of thioether (sulfide) groups is 1. The quantitative estimate of drug-likeness (QED) is 0.539. The van der Waals surface area contributed by atoms with Gasteiger partial charge in [-0.15, -0.1) is 21.5 Å². The van der Waals surface area contributed by atoms with E-state index in [2.05, 4.69) is 37.6 Å². The van der Waals surface area contributed by atoms with Crippen molar-refractivity contribution in [2.24, 2.45) is 0 Å². The number of nitrogens with one attached hydrogen (secondary N) is 1. The summed E-state index contributed by atoms with van der Waals surface area (Å²) in [5.41, 5.74) is 0. The number of amides is 1. The maximum absolute atomic E-state index is 12.4. The average Bonchev–Trinajstić information content (AvgIpc) is 3.32. The molecule has 30 heavy (non-hydrogen) atoms. The molecule has 0 spiro atoms. The standard InChI is InChI=1S/C21H22N4O3S2/c26-20(22-11-15-12-27-17-5-1-2-6-18(17)28-15)13-30-21-24-23-19(25(21)14-7-8-14)10-16-4-3-9-29-16/h1-6,9,14-15H,7-8,10-13H2,(H,22,26). The molecular formula is C21H22N4O3S2. The minimum Gasteiger partial charge on any atom is -0.486 e. The van der Waals surface area contributed by atoms with Crippen molar-refractivity contribution in [3.05, 3.63) is 52.5 Å². The maximum Gasteiger partial charge on any atom is 0.230 e. The maximum atomic E-state index is 12.4. The molecule has 1 aromatic carbocycles. The van der Waals surface area contributed by atoms with E-state index in [-0.39, 0.29) is 12.0 Å². The van der Waals surface area contributed by atoms with Crippen LogP contribution >= 0.6 is 23.1 Å². The fourth-order valence-electron chi connectivity index (χ4n) is 3.37. The van der Waals surface area contributed by atoms with E-state index in [1.807, 2.05) is 24.3 Å². The van der Waals surface area contributed by atoms with Gasteiger partial charge in [0.15, 0.2) is 16.7 Å². The number of hydrogen-bond acceptors (Lipinski definition) is 7. The highest BCUT2D eigenvalue weighted by Crippen LogP contribution is 2.39. The van der Waals surface area contributed by atoms with Gasteiger partial charge in [-0.2, -0.15) is 0 Å². The molecule has 3 aromatic rings. The summed E-state index contributed by atoms with van der Waals surface area (Å²) in [4.78, 5) is 13.7. The van der Waals surface area contributed by atoms with Crippen LogP contribution in [0, 0.1) is 0 Å². The van der Waals surface area contributed by atoms with E-state index in [1.54, 1.807) is 11.3 Å². The predicted octanol–water partition coefficient (Wildman–Crippen LogP) is 3.31. The van der Waals surface area contributed by atoms with Gasteiger partial charge in [-0.05, 0) is 36.4 Å². The summed E-state index contributed by atoms with van der Waals surface area (Å²) in [6, 6.07) is 12.2. The first kappa shape index (κ1) is 19.4.